The standard InChI is InChI=1S/C16H17NO.C15H16F5NO2S2.C11H13F3N4O4.C10H12N2O5.C9H10Cl2N2O/c1-17(2)16(18)15(13-9-5-3-6-10-13)14-11-7-4-8-12-14;1-6(2)5-7-8(13(22)24-3)10(12(16)17)21-11(15(18,19)20)9(7)14(23)25-4;1-3-16(4-2)9-7(17(19)20)5-6(11(12,13)14)8(15)10(9)18(21)22;1-10(2,3)7-4-6(11(14)15)5-8(9(7)13)12(16)17;1-13(2)9(14)12-6-3-4-7(10)8(11)5-6/h3-12,15H,1-2H3;6,12H,5H2,1-4H3;5H,3-4,15H2,1-2H3;4-5,13H,1-3H3;3-5H,1-2H3,(H,12,14). The van der Waals surface area contributed by atoms with Gasteiger partial charge in [0.25, 0.3) is 17.8 Å². The minimum absolute atomic E-state index is 0.104. The van der Waals surface area contributed by atoms with E-state index in [1.807, 2.05) is 60.7 Å². The molecule has 6 rings (SSSR count). The molecule has 4 N–H and O–H groups in total. The Morgan fingerprint density at radius 2 is 1.16 bits per heavy atom. The Kier molecular flexibility index (Phi) is 31.4. The molecule has 1 heterocycles. The van der Waals surface area contributed by atoms with Gasteiger partial charge in [-0.1, -0.05) is 142 Å². The van der Waals surface area contributed by atoms with Gasteiger partial charge in [-0.2, -0.15) is 26.3 Å². The number of hydrogen-bond donors (Lipinski definition) is 3. The average molecular weight is 1440 g/mol. The number of amides is 3. The minimum atomic E-state index is -5.10. The second-order valence-electron chi connectivity index (χ2n) is 21.8. The molecule has 0 bridgehead atoms. The van der Waals surface area contributed by atoms with E-state index < -0.39 is 122 Å². The molecular weight excluding hydrogens is 1370 g/mol. The molecule has 522 valence electrons. The molecule has 35 heteroatoms. The number of thioether (sulfide) groups is 2. The lowest BCUT2D eigenvalue weighted by atomic mass is 9.85. The number of nitrogens with zero attached hydrogens (tertiary/aromatic N) is 8. The number of carbonyl (C=O) groups excluding carboxylic acids is 4. The maximum absolute atomic E-state index is 13.4. The Balaban J connectivity index is 0.000000414. The number of nitrogens with one attached hydrogen (secondary N) is 1. The molecule has 0 fully saturated rings. The number of nitrogens with two attached hydrogens (primary N) is 1. The first-order valence-corrected chi connectivity index (χ1v) is 31.1. The van der Waals surface area contributed by atoms with E-state index in [0.717, 1.165) is 23.3 Å². The van der Waals surface area contributed by atoms with Crippen molar-refractivity contribution in [2.45, 2.75) is 85.0 Å². The third-order valence-corrected chi connectivity index (χ3v) is 15.0. The Hall–Kier alpha value is -8.95. The molecule has 0 atom stereocenters. The van der Waals surface area contributed by atoms with Crippen LogP contribution >= 0.6 is 46.7 Å². The molecule has 0 saturated heterocycles. The van der Waals surface area contributed by atoms with Crippen molar-refractivity contribution in [1.82, 2.24) is 14.8 Å². The van der Waals surface area contributed by atoms with E-state index in [4.69, 9.17) is 28.9 Å². The maximum atomic E-state index is 13.4. The molecule has 0 aliphatic carbocycles. The quantitative estimate of drug-likeness (QED) is 0.0351. The number of non-ortho nitro benzene ring substituents is 1. The zero-order chi connectivity index (χ0) is 73.8. The van der Waals surface area contributed by atoms with E-state index >= 15 is 0 Å². The van der Waals surface area contributed by atoms with Gasteiger partial charge in [0.2, 0.25) is 16.1 Å². The van der Waals surface area contributed by atoms with E-state index in [0.29, 0.717) is 39.3 Å². The van der Waals surface area contributed by atoms with Gasteiger partial charge < -0.3 is 30.9 Å². The van der Waals surface area contributed by atoms with Crippen molar-refractivity contribution in [3.8, 4) is 5.75 Å². The number of nitrogen functional groups attached to an aromatic ring is 1. The van der Waals surface area contributed by atoms with Crippen LogP contribution < -0.4 is 16.0 Å². The fourth-order valence-corrected chi connectivity index (χ4v) is 9.76. The summed E-state index contributed by atoms with van der Waals surface area (Å²) < 4.78 is 105. The molecule has 5 aromatic carbocycles. The third kappa shape index (κ3) is 22.9. The summed E-state index contributed by atoms with van der Waals surface area (Å²) in [6.07, 6.45) is -11.0. The molecular formula is C61H68Cl2F8N10O13S2. The normalized spacial score (nSPS) is 11.1. The lowest BCUT2D eigenvalue weighted by molar-refractivity contribution is -0.394. The van der Waals surface area contributed by atoms with Crippen LogP contribution in [0.3, 0.4) is 0 Å². The van der Waals surface area contributed by atoms with Crippen molar-refractivity contribution < 1.29 is 79.1 Å². The van der Waals surface area contributed by atoms with Crippen molar-refractivity contribution in [3.63, 3.8) is 0 Å². The molecule has 0 spiro atoms. The van der Waals surface area contributed by atoms with Crippen LogP contribution in [0.2, 0.25) is 10.0 Å². The zero-order valence-electron chi connectivity index (χ0n) is 53.7. The number of rotatable bonds is 16. The van der Waals surface area contributed by atoms with E-state index in [1.54, 1.807) is 99.8 Å². The lowest BCUT2D eigenvalue weighted by Gasteiger charge is -2.22. The van der Waals surface area contributed by atoms with Gasteiger partial charge in [0, 0.05) is 64.7 Å². The summed E-state index contributed by atoms with van der Waals surface area (Å²) >= 11 is 12.6. The molecule has 3 amide bonds. The fraction of sp³-hybridized carbons (Fsp3) is 0.361. The zero-order valence-corrected chi connectivity index (χ0v) is 56.8. The predicted molar refractivity (Wildman–Crippen MR) is 354 cm³/mol. The van der Waals surface area contributed by atoms with Crippen LogP contribution in [0.4, 0.5) is 79.7 Å². The van der Waals surface area contributed by atoms with Gasteiger partial charge in [0.05, 0.1) is 58.4 Å². The van der Waals surface area contributed by atoms with Crippen molar-refractivity contribution in [2.24, 2.45) is 5.92 Å². The molecule has 0 saturated carbocycles. The molecule has 96 heavy (non-hydrogen) atoms. The number of phenols is 1. The Labute approximate surface area is 564 Å². The lowest BCUT2D eigenvalue weighted by Crippen LogP contribution is -2.28. The number of halogens is 10. The first-order valence-electron chi connectivity index (χ1n) is 27.9. The highest BCUT2D eigenvalue weighted by molar-refractivity contribution is 8.13. The number of phenolic OH excluding ortho intramolecular Hbond substituents is 1. The number of hydrogen-bond acceptors (Lipinski definition) is 18. The summed E-state index contributed by atoms with van der Waals surface area (Å²) in [6.45, 7) is 11.8. The van der Waals surface area contributed by atoms with Crippen LogP contribution in [0.5, 0.6) is 5.75 Å². The number of nitro groups is 4. The molecule has 1 aromatic heterocycles. The van der Waals surface area contributed by atoms with Crippen LogP contribution in [0.15, 0.2) is 97.1 Å². The van der Waals surface area contributed by atoms with Crippen LogP contribution in [-0.2, 0) is 29.0 Å². The van der Waals surface area contributed by atoms with E-state index in [-0.39, 0.29) is 60.5 Å². The van der Waals surface area contributed by atoms with Gasteiger partial charge in [-0.05, 0) is 79.0 Å². The number of aromatic hydroxyl groups is 1. The van der Waals surface area contributed by atoms with Crippen LogP contribution in [0, 0.1) is 46.4 Å². The number of benzene rings is 5. The number of alkyl halides is 8. The monoisotopic (exact) mass is 1430 g/mol. The van der Waals surface area contributed by atoms with E-state index in [2.05, 4.69) is 10.3 Å². The molecule has 0 radical (unpaired) electrons. The predicted octanol–water partition coefficient (Wildman–Crippen LogP) is 16.7. The first-order chi connectivity index (χ1) is 44.3. The fourth-order valence-electron chi connectivity index (χ4n) is 8.61. The van der Waals surface area contributed by atoms with Crippen molar-refractivity contribution in [1.29, 1.82) is 0 Å². The molecule has 23 nitrogen and oxygen atoms in total. The smallest absolute Gasteiger partial charge is 0.434 e. The number of aromatic nitrogens is 1. The summed E-state index contributed by atoms with van der Waals surface area (Å²) in [5.41, 5.74) is -3.53. The highest BCUT2D eigenvalue weighted by Crippen LogP contribution is 2.49. The highest BCUT2D eigenvalue weighted by Gasteiger charge is 2.44. The van der Waals surface area contributed by atoms with Crippen LogP contribution in [0.25, 0.3) is 0 Å². The summed E-state index contributed by atoms with van der Waals surface area (Å²) in [4.78, 5) is 95.0. The van der Waals surface area contributed by atoms with Crippen molar-refractivity contribution in [3.05, 3.63) is 198 Å². The number of urea groups is 1. The van der Waals surface area contributed by atoms with Gasteiger partial charge in [0.15, 0.2) is 17.1 Å². The Morgan fingerprint density at radius 3 is 1.52 bits per heavy atom. The van der Waals surface area contributed by atoms with Gasteiger partial charge in [-0.25, -0.2) is 18.6 Å². The number of carbonyl (C=O) groups is 4. The molecule has 0 aliphatic rings. The summed E-state index contributed by atoms with van der Waals surface area (Å²) in [6, 6.07) is 26.7. The topological polar surface area (TPSA) is 322 Å². The van der Waals surface area contributed by atoms with Crippen LogP contribution in [0.1, 0.15) is 121 Å². The first kappa shape index (κ1) is 83.1. The maximum Gasteiger partial charge on any atom is 0.434 e. The Morgan fingerprint density at radius 1 is 0.667 bits per heavy atom. The second kappa shape index (κ2) is 36.2. The van der Waals surface area contributed by atoms with Gasteiger partial charge in [-0.15, -0.1) is 0 Å². The number of likely N-dealkylation sites (N-methyl/N-ethyl adjacent to an activating group) is 1. The highest BCUT2D eigenvalue weighted by atomic mass is 35.5. The van der Waals surface area contributed by atoms with Crippen molar-refractivity contribution >= 4 is 109 Å². The second-order valence-corrected chi connectivity index (χ2v) is 24.1. The molecule has 0 aliphatic heterocycles. The number of anilines is 3. The Bertz CT molecular complexity index is 3730. The molecule has 6 aromatic rings. The SMILES string of the molecule is CC(C)(C)c1cc([N+](=O)[O-])cc([N+](=O)[O-])c1O.CCN(CC)c1c([N+](=O)[O-])cc(C(F)(F)F)c(N)c1[N+](=O)[O-].CN(C)C(=O)C(c1ccccc1)c1ccccc1.CN(C)C(=O)Nc1ccc(Cl)c(Cl)c1.CSC(=O)c1c(C(F)F)nc(C(F)(F)F)c(C(=O)SC)c1CC(C)C. The number of nitro benzene ring substituents is 4. The van der Waals surface area contributed by atoms with E-state index in [9.17, 15) is 99.9 Å². The molecule has 0 unspecified atom stereocenters. The summed E-state index contributed by atoms with van der Waals surface area (Å²) in [5.74, 6) is -0.904. The summed E-state index contributed by atoms with van der Waals surface area (Å²) in [5, 5.41) is 55.0. The number of pyridine rings is 1. The minimum Gasteiger partial charge on any atom is -0.502 e. The third-order valence-electron chi connectivity index (χ3n) is 13.1. The van der Waals surface area contributed by atoms with Crippen molar-refractivity contribution in [2.75, 3.05) is 69.7 Å². The van der Waals surface area contributed by atoms with Crippen LogP contribution in [-0.4, -0.2) is 116 Å². The summed E-state index contributed by atoms with van der Waals surface area (Å²) in [7, 11) is 6.90. The van der Waals surface area contributed by atoms with E-state index in [1.165, 1.54) is 22.3 Å². The van der Waals surface area contributed by atoms with Gasteiger partial charge in [0.1, 0.15) is 11.4 Å². The average Bonchev–Trinajstić information content (AvgIpc) is 0.764. The van der Waals surface area contributed by atoms with Gasteiger partial charge in [-0.3, -0.25) is 54.8 Å². The van der Waals surface area contributed by atoms with Gasteiger partial charge >= 0.3 is 29.8 Å². The largest absolute Gasteiger partial charge is 0.502 e.